The van der Waals surface area contributed by atoms with Gasteiger partial charge in [-0.3, -0.25) is 0 Å². The van der Waals surface area contributed by atoms with Crippen LogP contribution in [0.25, 0.3) is 10.8 Å². The Balaban J connectivity index is 2.08. The number of hydrogen-bond acceptors (Lipinski definition) is 3. The highest BCUT2D eigenvalue weighted by Crippen LogP contribution is 2.33. The third-order valence-corrected chi connectivity index (χ3v) is 3.97. The zero-order valence-corrected chi connectivity index (χ0v) is 12.2. The number of aromatic nitrogens is 1. The largest absolute Gasteiger partial charge is 0.478 e. The van der Waals surface area contributed by atoms with Crippen LogP contribution in [-0.2, 0) is 0 Å². The van der Waals surface area contributed by atoms with Crippen molar-refractivity contribution >= 4 is 22.6 Å². The van der Waals surface area contributed by atoms with Gasteiger partial charge in [0.1, 0.15) is 5.82 Å². The summed E-state index contributed by atoms with van der Waals surface area (Å²) in [6.45, 7) is 4.14. The van der Waals surface area contributed by atoms with Gasteiger partial charge < -0.3 is 10.0 Å². The number of rotatable bonds is 6. The van der Waals surface area contributed by atoms with E-state index in [-0.39, 0.29) is 5.56 Å². The van der Waals surface area contributed by atoms with E-state index in [9.17, 15) is 9.90 Å². The predicted molar refractivity (Wildman–Crippen MR) is 83.9 cm³/mol. The number of carboxylic acids is 1. The molecular weight excluding hydrogens is 264 g/mol. The molecule has 1 saturated carbocycles. The van der Waals surface area contributed by atoms with Crippen LogP contribution in [0.5, 0.6) is 0 Å². The van der Waals surface area contributed by atoms with Gasteiger partial charge in [0.2, 0.25) is 0 Å². The topological polar surface area (TPSA) is 53.4 Å². The number of carboxylic acid groups (broad SMARTS) is 1. The molecule has 2 aromatic rings. The second kappa shape index (κ2) is 5.72. The molecule has 0 amide bonds. The Bertz CT molecular complexity index is 665. The van der Waals surface area contributed by atoms with E-state index in [4.69, 9.17) is 0 Å². The van der Waals surface area contributed by atoms with Crippen LogP contribution < -0.4 is 4.90 Å². The summed E-state index contributed by atoms with van der Waals surface area (Å²) in [5.74, 6) is 0.773. The Morgan fingerprint density at radius 2 is 2.05 bits per heavy atom. The second-order valence-electron chi connectivity index (χ2n) is 5.74. The van der Waals surface area contributed by atoms with Crippen LogP contribution in [0, 0.1) is 5.92 Å². The van der Waals surface area contributed by atoms with Gasteiger partial charge in [-0.1, -0.05) is 31.2 Å². The van der Waals surface area contributed by atoms with Crippen molar-refractivity contribution in [3.8, 4) is 0 Å². The molecule has 1 fully saturated rings. The van der Waals surface area contributed by atoms with Crippen molar-refractivity contribution in [2.24, 2.45) is 5.92 Å². The van der Waals surface area contributed by atoms with E-state index in [1.165, 1.54) is 19.0 Å². The number of anilines is 1. The molecule has 0 bridgehead atoms. The first-order valence-corrected chi connectivity index (χ1v) is 7.56. The van der Waals surface area contributed by atoms with Crippen molar-refractivity contribution < 1.29 is 9.90 Å². The summed E-state index contributed by atoms with van der Waals surface area (Å²) in [5.41, 5.74) is 0.275. The molecule has 0 spiro atoms. The zero-order chi connectivity index (χ0) is 14.8. The first-order valence-electron chi connectivity index (χ1n) is 7.56. The maximum atomic E-state index is 11.4. The summed E-state index contributed by atoms with van der Waals surface area (Å²) in [7, 11) is 0. The van der Waals surface area contributed by atoms with Crippen LogP contribution in [-0.4, -0.2) is 29.1 Å². The number of aromatic carboxylic acids is 1. The lowest BCUT2D eigenvalue weighted by molar-refractivity contribution is 0.0698. The van der Waals surface area contributed by atoms with E-state index in [1.54, 1.807) is 0 Å². The average molecular weight is 284 g/mol. The number of nitrogens with zero attached hydrogens (tertiary/aromatic N) is 2. The van der Waals surface area contributed by atoms with Crippen LogP contribution in [0.15, 0.2) is 30.5 Å². The summed E-state index contributed by atoms with van der Waals surface area (Å²) in [6.07, 6.45) is 5.15. The number of pyridine rings is 1. The monoisotopic (exact) mass is 284 g/mol. The molecule has 0 radical (unpaired) electrons. The van der Waals surface area contributed by atoms with E-state index < -0.39 is 5.97 Å². The van der Waals surface area contributed by atoms with Crippen molar-refractivity contribution in [1.82, 2.24) is 4.98 Å². The molecule has 1 aliphatic carbocycles. The summed E-state index contributed by atoms with van der Waals surface area (Å²) >= 11 is 0. The quantitative estimate of drug-likeness (QED) is 0.881. The lowest BCUT2D eigenvalue weighted by atomic mass is 10.1. The molecule has 4 heteroatoms. The van der Waals surface area contributed by atoms with Gasteiger partial charge in [0.25, 0.3) is 0 Å². The predicted octanol–water partition coefficient (Wildman–Crippen LogP) is 3.56. The molecule has 21 heavy (non-hydrogen) atoms. The van der Waals surface area contributed by atoms with Gasteiger partial charge in [-0.25, -0.2) is 9.78 Å². The van der Waals surface area contributed by atoms with Crippen LogP contribution in [0.4, 0.5) is 5.82 Å². The maximum absolute atomic E-state index is 11.4. The Morgan fingerprint density at radius 1 is 1.33 bits per heavy atom. The fourth-order valence-corrected chi connectivity index (χ4v) is 2.77. The van der Waals surface area contributed by atoms with Crippen LogP contribution in [0.1, 0.15) is 36.5 Å². The summed E-state index contributed by atoms with van der Waals surface area (Å²) in [4.78, 5) is 18.1. The number of carbonyl (C=O) groups is 1. The lowest BCUT2D eigenvalue weighted by Gasteiger charge is -2.25. The van der Waals surface area contributed by atoms with E-state index in [2.05, 4.69) is 16.8 Å². The fourth-order valence-electron chi connectivity index (χ4n) is 2.77. The van der Waals surface area contributed by atoms with Crippen molar-refractivity contribution in [2.45, 2.75) is 26.2 Å². The van der Waals surface area contributed by atoms with E-state index in [0.29, 0.717) is 0 Å². The summed E-state index contributed by atoms with van der Waals surface area (Å²) < 4.78 is 0. The normalized spacial score (nSPS) is 14.3. The third-order valence-electron chi connectivity index (χ3n) is 3.97. The smallest absolute Gasteiger partial charge is 0.337 e. The molecule has 1 heterocycles. The highest BCUT2D eigenvalue weighted by molar-refractivity contribution is 6.06. The molecule has 0 atom stereocenters. The van der Waals surface area contributed by atoms with Crippen molar-refractivity contribution in [3.05, 3.63) is 36.0 Å². The highest BCUT2D eigenvalue weighted by Gasteiger charge is 2.26. The van der Waals surface area contributed by atoms with E-state index in [1.807, 2.05) is 24.3 Å². The Labute approximate surface area is 124 Å². The summed E-state index contributed by atoms with van der Waals surface area (Å²) in [6, 6.07) is 7.66. The van der Waals surface area contributed by atoms with Gasteiger partial charge in [-0.2, -0.15) is 0 Å². The molecular formula is C17H20N2O2. The number of fused-ring (bicyclic) bond motifs is 1. The molecule has 0 aliphatic heterocycles. The van der Waals surface area contributed by atoms with Gasteiger partial charge in [0.15, 0.2) is 0 Å². The van der Waals surface area contributed by atoms with Gasteiger partial charge in [0.05, 0.1) is 5.56 Å². The Kier molecular flexibility index (Phi) is 3.78. The zero-order valence-electron chi connectivity index (χ0n) is 12.2. The van der Waals surface area contributed by atoms with E-state index in [0.717, 1.165) is 42.0 Å². The molecule has 1 aromatic heterocycles. The van der Waals surface area contributed by atoms with Crippen LogP contribution in [0.2, 0.25) is 0 Å². The van der Waals surface area contributed by atoms with E-state index >= 15 is 0 Å². The van der Waals surface area contributed by atoms with Gasteiger partial charge in [-0.05, 0) is 25.2 Å². The minimum Gasteiger partial charge on any atom is -0.478 e. The standard InChI is InChI=1S/C17H20N2O2/c1-2-9-19(11-12-7-8-12)16-14-6-4-3-5-13(14)15(10-18-16)17(20)21/h3-6,10,12H,2,7-9,11H2,1H3,(H,20,21). The second-order valence-corrected chi connectivity index (χ2v) is 5.74. The van der Waals surface area contributed by atoms with Crippen molar-refractivity contribution in [1.29, 1.82) is 0 Å². The average Bonchev–Trinajstić information content (AvgIpc) is 3.29. The molecule has 1 aromatic carbocycles. The van der Waals surface area contributed by atoms with Crippen molar-refractivity contribution in [3.63, 3.8) is 0 Å². The first kappa shape index (κ1) is 13.9. The summed E-state index contributed by atoms with van der Waals surface area (Å²) in [5, 5.41) is 11.0. The third kappa shape index (κ3) is 2.84. The fraction of sp³-hybridized carbons (Fsp3) is 0.412. The molecule has 1 N–H and O–H groups in total. The first-order chi connectivity index (χ1) is 10.2. The molecule has 1 aliphatic rings. The van der Waals surface area contributed by atoms with Gasteiger partial charge in [0, 0.05) is 30.1 Å². The van der Waals surface area contributed by atoms with Gasteiger partial charge >= 0.3 is 5.97 Å². The van der Waals surface area contributed by atoms with Crippen molar-refractivity contribution in [2.75, 3.05) is 18.0 Å². The SMILES string of the molecule is CCCN(CC1CC1)c1ncc(C(=O)O)c2ccccc12. The maximum Gasteiger partial charge on any atom is 0.337 e. The van der Waals surface area contributed by atoms with Gasteiger partial charge in [-0.15, -0.1) is 0 Å². The minimum absolute atomic E-state index is 0.275. The number of benzene rings is 1. The highest BCUT2D eigenvalue weighted by atomic mass is 16.4. The van der Waals surface area contributed by atoms with Crippen LogP contribution in [0.3, 0.4) is 0 Å². The lowest BCUT2D eigenvalue weighted by Crippen LogP contribution is -2.27. The Hall–Kier alpha value is -2.10. The number of hydrogen-bond donors (Lipinski definition) is 1. The van der Waals surface area contributed by atoms with Crippen LogP contribution >= 0.6 is 0 Å². The minimum atomic E-state index is -0.922. The molecule has 0 unspecified atom stereocenters. The molecule has 4 nitrogen and oxygen atoms in total. The molecule has 0 saturated heterocycles. The molecule has 110 valence electrons. The Morgan fingerprint density at radius 3 is 2.67 bits per heavy atom. The molecule has 3 rings (SSSR count).